The van der Waals surface area contributed by atoms with Crippen molar-refractivity contribution in [1.29, 1.82) is 0 Å². The fourth-order valence-electron chi connectivity index (χ4n) is 1.28. The van der Waals surface area contributed by atoms with E-state index in [1.54, 1.807) is 0 Å². The third-order valence-electron chi connectivity index (χ3n) is 1.87. The highest BCUT2D eigenvalue weighted by molar-refractivity contribution is 5.22. The van der Waals surface area contributed by atoms with Crippen LogP contribution in [-0.4, -0.2) is 24.0 Å². The molecule has 0 bridgehead atoms. The van der Waals surface area contributed by atoms with E-state index in [0.717, 1.165) is 13.0 Å². The molecule has 1 rings (SSSR count). The van der Waals surface area contributed by atoms with Gasteiger partial charge in [-0.3, -0.25) is 4.98 Å². The summed E-state index contributed by atoms with van der Waals surface area (Å²) >= 11 is 0. The molecule has 1 aromatic heterocycles. The number of aromatic nitrogens is 1. The minimum atomic E-state index is 0.983. The predicted octanol–water partition coefficient (Wildman–Crippen LogP) is 1.71. The summed E-state index contributed by atoms with van der Waals surface area (Å²) in [6, 6.07) is 2.10. The van der Waals surface area contributed by atoms with Crippen LogP contribution in [0.4, 0.5) is 0 Å². The van der Waals surface area contributed by atoms with E-state index in [0.29, 0.717) is 0 Å². The van der Waals surface area contributed by atoms with Crippen molar-refractivity contribution in [3.63, 3.8) is 0 Å². The van der Waals surface area contributed by atoms with Crippen molar-refractivity contribution < 1.29 is 0 Å². The second-order valence-corrected chi connectivity index (χ2v) is 3.24. The SMILES string of the molecule is CCc1ccncc1CN(C)C. The van der Waals surface area contributed by atoms with E-state index >= 15 is 0 Å². The van der Waals surface area contributed by atoms with Crippen LogP contribution in [0.3, 0.4) is 0 Å². The van der Waals surface area contributed by atoms with Crippen LogP contribution in [0.25, 0.3) is 0 Å². The second kappa shape index (κ2) is 4.21. The zero-order valence-electron chi connectivity index (χ0n) is 8.04. The summed E-state index contributed by atoms with van der Waals surface area (Å²) in [5.41, 5.74) is 2.74. The highest BCUT2D eigenvalue weighted by Crippen LogP contribution is 2.08. The number of aryl methyl sites for hydroxylation is 1. The Kier molecular flexibility index (Phi) is 3.23. The van der Waals surface area contributed by atoms with Crippen LogP contribution in [0.1, 0.15) is 18.1 Å². The Morgan fingerprint density at radius 2 is 2.08 bits per heavy atom. The van der Waals surface area contributed by atoms with Gasteiger partial charge in [-0.15, -0.1) is 0 Å². The molecule has 0 saturated heterocycles. The fraction of sp³-hybridized carbons (Fsp3) is 0.500. The lowest BCUT2D eigenvalue weighted by Gasteiger charge is -2.12. The Hall–Kier alpha value is -0.890. The summed E-state index contributed by atoms with van der Waals surface area (Å²) in [5.74, 6) is 0. The van der Waals surface area contributed by atoms with Crippen LogP contribution in [0.5, 0.6) is 0 Å². The summed E-state index contributed by atoms with van der Waals surface area (Å²) in [6.45, 7) is 3.16. The minimum Gasteiger partial charge on any atom is -0.305 e. The quantitative estimate of drug-likeness (QED) is 0.676. The number of hydrogen-bond donors (Lipinski definition) is 0. The molecule has 66 valence electrons. The number of rotatable bonds is 3. The van der Waals surface area contributed by atoms with Gasteiger partial charge in [0.05, 0.1) is 0 Å². The lowest BCUT2D eigenvalue weighted by molar-refractivity contribution is 0.400. The van der Waals surface area contributed by atoms with E-state index in [1.165, 1.54) is 11.1 Å². The first-order valence-electron chi connectivity index (χ1n) is 4.30. The largest absolute Gasteiger partial charge is 0.305 e. The van der Waals surface area contributed by atoms with Gasteiger partial charge in [0, 0.05) is 18.9 Å². The van der Waals surface area contributed by atoms with Crippen LogP contribution in [0, 0.1) is 0 Å². The molecule has 0 N–H and O–H groups in total. The first-order chi connectivity index (χ1) is 5.74. The van der Waals surface area contributed by atoms with Crippen LogP contribution in [0.2, 0.25) is 0 Å². The van der Waals surface area contributed by atoms with Gasteiger partial charge in [-0.25, -0.2) is 0 Å². The summed E-state index contributed by atoms with van der Waals surface area (Å²) in [4.78, 5) is 6.28. The Bertz CT molecular complexity index is 243. The van der Waals surface area contributed by atoms with E-state index in [2.05, 4.69) is 37.0 Å². The normalized spacial score (nSPS) is 10.7. The number of hydrogen-bond acceptors (Lipinski definition) is 2. The van der Waals surface area contributed by atoms with E-state index in [4.69, 9.17) is 0 Å². The van der Waals surface area contributed by atoms with Gasteiger partial charge >= 0.3 is 0 Å². The molecule has 0 atom stereocenters. The van der Waals surface area contributed by atoms with Crippen molar-refractivity contribution in [2.24, 2.45) is 0 Å². The maximum atomic E-state index is 4.12. The summed E-state index contributed by atoms with van der Waals surface area (Å²) in [6.07, 6.45) is 4.91. The van der Waals surface area contributed by atoms with Gasteiger partial charge in [-0.1, -0.05) is 6.92 Å². The average molecular weight is 164 g/mol. The van der Waals surface area contributed by atoms with Gasteiger partial charge < -0.3 is 4.90 Å². The van der Waals surface area contributed by atoms with Crippen LogP contribution < -0.4 is 0 Å². The van der Waals surface area contributed by atoms with Crippen molar-refractivity contribution in [2.45, 2.75) is 19.9 Å². The summed E-state index contributed by atoms with van der Waals surface area (Å²) < 4.78 is 0. The molecule has 0 radical (unpaired) electrons. The fourth-order valence-corrected chi connectivity index (χ4v) is 1.28. The molecule has 1 heterocycles. The zero-order valence-corrected chi connectivity index (χ0v) is 8.04. The maximum absolute atomic E-state index is 4.12. The molecule has 0 aliphatic rings. The van der Waals surface area contributed by atoms with E-state index in [9.17, 15) is 0 Å². The highest BCUT2D eigenvalue weighted by atomic mass is 15.0. The van der Waals surface area contributed by atoms with Crippen LogP contribution in [-0.2, 0) is 13.0 Å². The zero-order chi connectivity index (χ0) is 8.97. The Labute approximate surface area is 74.2 Å². The third-order valence-corrected chi connectivity index (χ3v) is 1.87. The van der Waals surface area contributed by atoms with Crippen molar-refractivity contribution in [2.75, 3.05) is 14.1 Å². The molecule has 0 aliphatic carbocycles. The molecule has 0 fully saturated rings. The highest BCUT2D eigenvalue weighted by Gasteiger charge is 2.00. The first-order valence-corrected chi connectivity index (χ1v) is 4.30. The molecule has 12 heavy (non-hydrogen) atoms. The second-order valence-electron chi connectivity index (χ2n) is 3.24. The molecule has 0 aliphatic heterocycles. The number of nitrogens with zero attached hydrogens (tertiary/aromatic N) is 2. The van der Waals surface area contributed by atoms with E-state index < -0.39 is 0 Å². The van der Waals surface area contributed by atoms with Crippen LogP contribution >= 0.6 is 0 Å². The lowest BCUT2D eigenvalue weighted by atomic mass is 10.1. The molecule has 2 nitrogen and oxygen atoms in total. The van der Waals surface area contributed by atoms with Gasteiger partial charge in [-0.2, -0.15) is 0 Å². The van der Waals surface area contributed by atoms with Gasteiger partial charge in [0.15, 0.2) is 0 Å². The minimum absolute atomic E-state index is 0.983. The van der Waals surface area contributed by atoms with Crippen molar-refractivity contribution in [1.82, 2.24) is 9.88 Å². The Morgan fingerprint density at radius 3 is 2.67 bits per heavy atom. The molecule has 2 heteroatoms. The molecule has 0 aromatic carbocycles. The third kappa shape index (κ3) is 2.31. The molecular formula is C10H16N2. The number of pyridine rings is 1. The van der Waals surface area contributed by atoms with Gasteiger partial charge in [0.25, 0.3) is 0 Å². The topological polar surface area (TPSA) is 16.1 Å². The summed E-state index contributed by atoms with van der Waals surface area (Å²) in [7, 11) is 4.15. The van der Waals surface area contributed by atoms with Crippen LogP contribution in [0.15, 0.2) is 18.5 Å². The molecule has 0 amide bonds. The molecule has 0 unspecified atom stereocenters. The molecule has 1 aromatic rings. The van der Waals surface area contributed by atoms with E-state index in [1.807, 2.05) is 12.4 Å². The predicted molar refractivity (Wildman–Crippen MR) is 51.0 cm³/mol. The maximum Gasteiger partial charge on any atom is 0.0315 e. The Balaban J connectivity index is 2.82. The Morgan fingerprint density at radius 1 is 1.33 bits per heavy atom. The smallest absolute Gasteiger partial charge is 0.0315 e. The van der Waals surface area contributed by atoms with Crippen molar-refractivity contribution >= 4 is 0 Å². The van der Waals surface area contributed by atoms with Crippen molar-refractivity contribution in [3.8, 4) is 0 Å². The monoisotopic (exact) mass is 164 g/mol. The van der Waals surface area contributed by atoms with Gasteiger partial charge in [-0.05, 0) is 37.7 Å². The first kappa shape index (κ1) is 9.20. The lowest BCUT2D eigenvalue weighted by Crippen LogP contribution is -2.12. The molecule has 0 spiro atoms. The standard InChI is InChI=1S/C10H16N2/c1-4-9-5-6-11-7-10(9)8-12(2)3/h5-7H,4,8H2,1-3H3. The summed E-state index contributed by atoms with van der Waals surface area (Å²) in [5, 5.41) is 0. The molecular weight excluding hydrogens is 148 g/mol. The van der Waals surface area contributed by atoms with Crippen molar-refractivity contribution in [3.05, 3.63) is 29.6 Å². The van der Waals surface area contributed by atoms with E-state index in [-0.39, 0.29) is 0 Å². The molecule has 0 saturated carbocycles. The van der Waals surface area contributed by atoms with Gasteiger partial charge in [0.2, 0.25) is 0 Å². The average Bonchev–Trinajstić information content (AvgIpc) is 2.04. The van der Waals surface area contributed by atoms with Gasteiger partial charge in [0.1, 0.15) is 0 Å².